The van der Waals surface area contributed by atoms with Crippen molar-refractivity contribution in [3.05, 3.63) is 65.0 Å². The van der Waals surface area contributed by atoms with Crippen LogP contribution < -0.4 is 10.1 Å². The van der Waals surface area contributed by atoms with Crippen molar-refractivity contribution in [3.8, 4) is 11.4 Å². The number of para-hydroxylation sites is 2. The monoisotopic (exact) mass is 371 g/mol. The predicted octanol–water partition coefficient (Wildman–Crippen LogP) is 3.52. The molecule has 0 amide bonds. The lowest BCUT2D eigenvalue weighted by atomic mass is 10.3. The highest BCUT2D eigenvalue weighted by Gasteiger charge is 2.05. The molecule has 0 fully saturated rings. The van der Waals surface area contributed by atoms with E-state index in [-0.39, 0.29) is 0 Å². The molecule has 3 aromatic rings. The van der Waals surface area contributed by atoms with Crippen LogP contribution in [0, 0.1) is 0 Å². The molecule has 6 nitrogen and oxygen atoms in total. The van der Waals surface area contributed by atoms with Gasteiger partial charge in [0.05, 0.1) is 18.5 Å². The number of anilines is 1. The predicted molar refractivity (Wildman–Crippen MR) is 92.5 cm³/mol. The van der Waals surface area contributed by atoms with Crippen LogP contribution in [-0.2, 0) is 0 Å². The zero-order valence-corrected chi connectivity index (χ0v) is 13.9. The Labute approximate surface area is 141 Å². The fraction of sp³-hybridized carbons (Fsp3) is 0.0625. The Bertz CT molecular complexity index is 813. The van der Waals surface area contributed by atoms with Crippen molar-refractivity contribution in [2.45, 2.75) is 0 Å². The van der Waals surface area contributed by atoms with Crippen LogP contribution in [0.2, 0.25) is 0 Å². The Morgan fingerprint density at radius 1 is 1.13 bits per heavy atom. The van der Waals surface area contributed by atoms with Crippen LogP contribution >= 0.6 is 15.9 Å². The first-order valence-electron chi connectivity index (χ1n) is 6.88. The van der Waals surface area contributed by atoms with E-state index in [2.05, 4.69) is 36.8 Å². The van der Waals surface area contributed by atoms with Crippen molar-refractivity contribution in [1.82, 2.24) is 20.2 Å². The third kappa shape index (κ3) is 3.57. The Hall–Kier alpha value is -2.67. The van der Waals surface area contributed by atoms with Crippen LogP contribution in [-0.4, -0.2) is 27.3 Å². The molecule has 7 heteroatoms. The molecular weight excluding hydrogens is 358 g/mol. The summed E-state index contributed by atoms with van der Waals surface area (Å²) < 4.78 is 7.95. The maximum absolute atomic E-state index is 5.29. The molecule has 0 aliphatic rings. The number of hydrogen-bond donors (Lipinski definition) is 1. The minimum absolute atomic E-state index is 0.620. The van der Waals surface area contributed by atoms with Gasteiger partial charge in [0.25, 0.3) is 0 Å². The van der Waals surface area contributed by atoms with E-state index in [1.165, 1.54) is 0 Å². The second-order valence-electron chi connectivity index (χ2n) is 4.60. The van der Waals surface area contributed by atoms with Crippen molar-refractivity contribution >= 4 is 27.7 Å². The summed E-state index contributed by atoms with van der Waals surface area (Å²) in [5.41, 5.74) is 1.75. The molecular formula is C16H14BrN5O. The average Bonchev–Trinajstić information content (AvgIpc) is 3.04. The van der Waals surface area contributed by atoms with Gasteiger partial charge in [-0.15, -0.1) is 5.10 Å². The Morgan fingerprint density at radius 3 is 2.70 bits per heavy atom. The van der Waals surface area contributed by atoms with Gasteiger partial charge in [0.1, 0.15) is 5.75 Å². The van der Waals surface area contributed by atoms with Crippen LogP contribution in [0.15, 0.2) is 59.2 Å². The number of nitrogens with zero attached hydrogens (tertiary/aromatic N) is 4. The molecule has 1 N–H and O–H groups in total. The van der Waals surface area contributed by atoms with E-state index in [0.717, 1.165) is 21.6 Å². The maximum atomic E-state index is 5.29. The standard InChI is InChI=1S/C16H14BrN5O/c1-23-15-5-3-2-4-14(15)18-11-10-16-19-20-21-22(16)13-8-6-12(17)7-9-13/h2-11,18H,1H3. The lowest BCUT2D eigenvalue weighted by molar-refractivity contribution is 0.417. The molecule has 0 saturated heterocycles. The van der Waals surface area contributed by atoms with Crippen molar-refractivity contribution in [2.24, 2.45) is 0 Å². The summed E-state index contributed by atoms with van der Waals surface area (Å²) in [5.74, 6) is 1.39. The summed E-state index contributed by atoms with van der Waals surface area (Å²) in [4.78, 5) is 0. The molecule has 1 heterocycles. The van der Waals surface area contributed by atoms with E-state index in [1.54, 1.807) is 24.1 Å². The Morgan fingerprint density at radius 2 is 1.91 bits per heavy atom. The molecule has 0 saturated carbocycles. The normalized spacial score (nSPS) is 10.9. The number of methoxy groups -OCH3 is 1. The largest absolute Gasteiger partial charge is 0.495 e. The quantitative estimate of drug-likeness (QED) is 0.743. The topological polar surface area (TPSA) is 64.9 Å². The summed E-state index contributed by atoms with van der Waals surface area (Å²) in [5, 5.41) is 14.9. The fourth-order valence-corrected chi connectivity index (χ4v) is 2.30. The zero-order valence-electron chi connectivity index (χ0n) is 12.3. The number of ether oxygens (including phenoxy) is 1. The maximum Gasteiger partial charge on any atom is 0.181 e. The van der Waals surface area contributed by atoms with Gasteiger partial charge in [0, 0.05) is 16.7 Å². The highest BCUT2D eigenvalue weighted by molar-refractivity contribution is 9.10. The minimum atomic E-state index is 0.620. The van der Waals surface area contributed by atoms with Gasteiger partial charge in [-0.25, -0.2) is 0 Å². The number of halogens is 1. The molecule has 0 unspecified atom stereocenters. The van der Waals surface area contributed by atoms with Crippen molar-refractivity contribution in [2.75, 3.05) is 12.4 Å². The average molecular weight is 372 g/mol. The van der Waals surface area contributed by atoms with Gasteiger partial charge < -0.3 is 10.1 Å². The van der Waals surface area contributed by atoms with Crippen molar-refractivity contribution in [1.29, 1.82) is 0 Å². The summed E-state index contributed by atoms with van der Waals surface area (Å²) in [6.45, 7) is 0. The number of hydrogen-bond acceptors (Lipinski definition) is 5. The first-order chi connectivity index (χ1) is 11.3. The first kappa shape index (κ1) is 15.2. The summed E-state index contributed by atoms with van der Waals surface area (Å²) in [6.07, 6.45) is 3.58. The van der Waals surface area contributed by atoms with Gasteiger partial charge in [0.2, 0.25) is 0 Å². The van der Waals surface area contributed by atoms with E-state index < -0.39 is 0 Å². The van der Waals surface area contributed by atoms with E-state index in [1.807, 2.05) is 48.5 Å². The minimum Gasteiger partial charge on any atom is -0.495 e. The van der Waals surface area contributed by atoms with Crippen LogP contribution in [0.4, 0.5) is 5.69 Å². The van der Waals surface area contributed by atoms with E-state index in [9.17, 15) is 0 Å². The van der Waals surface area contributed by atoms with Crippen LogP contribution in [0.3, 0.4) is 0 Å². The first-order valence-corrected chi connectivity index (χ1v) is 7.67. The van der Waals surface area contributed by atoms with Gasteiger partial charge in [-0.2, -0.15) is 4.68 Å². The molecule has 0 aliphatic carbocycles. The summed E-state index contributed by atoms with van der Waals surface area (Å²) in [7, 11) is 1.64. The highest BCUT2D eigenvalue weighted by Crippen LogP contribution is 2.23. The molecule has 23 heavy (non-hydrogen) atoms. The van der Waals surface area contributed by atoms with Gasteiger partial charge >= 0.3 is 0 Å². The fourth-order valence-electron chi connectivity index (χ4n) is 2.03. The third-order valence-corrected chi connectivity index (χ3v) is 3.67. The molecule has 0 radical (unpaired) electrons. The SMILES string of the molecule is COc1ccccc1NC=Cc1nnnn1-c1ccc(Br)cc1. The smallest absolute Gasteiger partial charge is 0.181 e. The van der Waals surface area contributed by atoms with Gasteiger partial charge in [-0.3, -0.25) is 0 Å². The second kappa shape index (κ2) is 7.06. The van der Waals surface area contributed by atoms with E-state index in [0.29, 0.717) is 5.82 Å². The van der Waals surface area contributed by atoms with Crippen LogP contribution in [0.5, 0.6) is 5.75 Å². The van der Waals surface area contributed by atoms with E-state index >= 15 is 0 Å². The summed E-state index contributed by atoms with van der Waals surface area (Å²) in [6, 6.07) is 15.4. The van der Waals surface area contributed by atoms with Crippen LogP contribution in [0.25, 0.3) is 11.8 Å². The van der Waals surface area contributed by atoms with Crippen molar-refractivity contribution < 1.29 is 4.74 Å². The van der Waals surface area contributed by atoms with Gasteiger partial charge in [-0.1, -0.05) is 28.1 Å². The lowest BCUT2D eigenvalue weighted by Crippen LogP contribution is -2.00. The molecule has 116 valence electrons. The van der Waals surface area contributed by atoms with Crippen LogP contribution in [0.1, 0.15) is 5.82 Å². The Kier molecular flexibility index (Phi) is 4.68. The molecule has 0 atom stereocenters. The molecule has 1 aromatic heterocycles. The Balaban J connectivity index is 1.79. The molecule has 0 aliphatic heterocycles. The third-order valence-electron chi connectivity index (χ3n) is 3.14. The molecule has 3 rings (SSSR count). The van der Waals surface area contributed by atoms with Gasteiger partial charge in [0.15, 0.2) is 5.82 Å². The second-order valence-corrected chi connectivity index (χ2v) is 5.52. The van der Waals surface area contributed by atoms with Gasteiger partial charge in [-0.05, 0) is 46.8 Å². The number of benzene rings is 2. The molecule has 2 aromatic carbocycles. The zero-order chi connectivity index (χ0) is 16.1. The molecule has 0 bridgehead atoms. The highest BCUT2D eigenvalue weighted by atomic mass is 79.9. The number of nitrogens with one attached hydrogen (secondary N) is 1. The number of rotatable bonds is 5. The van der Waals surface area contributed by atoms with Crippen molar-refractivity contribution in [3.63, 3.8) is 0 Å². The van der Waals surface area contributed by atoms with E-state index in [4.69, 9.17) is 4.74 Å². The number of aromatic nitrogens is 4. The lowest BCUT2D eigenvalue weighted by Gasteiger charge is -2.07. The number of tetrazole rings is 1. The molecule has 0 spiro atoms. The summed E-state index contributed by atoms with van der Waals surface area (Å²) >= 11 is 3.41.